The highest BCUT2D eigenvalue weighted by atomic mass is 32.2. The van der Waals surface area contributed by atoms with E-state index in [9.17, 15) is 13.2 Å². The Morgan fingerprint density at radius 1 is 1.07 bits per heavy atom. The van der Waals surface area contributed by atoms with Crippen LogP contribution < -0.4 is 19.1 Å². The minimum Gasteiger partial charge on any atom is -0.454 e. The maximum atomic E-state index is 12.7. The van der Waals surface area contributed by atoms with Gasteiger partial charge in [-0.2, -0.15) is 0 Å². The lowest BCUT2D eigenvalue weighted by Crippen LogP contribution is -2.45. The second-order valence-electron chi connectivity index (χ2n) is 6.56. The average molecular weight is 390 g/mol. The third kappa shape index (κ3) is 4.00. The van der Waals surface area contributed by atoms with Crippen molar-refractivity contribution in [1.82, 2.24) is 0 Å². The Morgan fingerprint density at radius 3 is 2.44 bits per heavy atom. The molecule has 1 N–H and O–H groups in total. The molecule has 1 heterocycles. The fourth-order valence-electron chi connectivity index (χ4n) is 2.89. The van der Waals surface area contributed by atoms with Gasteiger partial charge in [0.25, 0.3) is 0 Å². The highest BCUT2D eigenvalue weighted by Crippen LogP contribution is 2.34. The molecule has 7 nitrogen and oxygen atoms in total. The van der Waals surface area contributed by atoms with Crippen LogP contribution in [0.1, 0.15) is 18.1 Å². The quantitative estimate of drug-likeness (QED) is 0.849. The van der Waals surface area contributed by atoms with Crippen molar-refractivity contribution >= 4 is 27.3 Å². The third-order valence-corrected chi connectivity index (χ3v) is 5.72. The summed E-state index contributed by atoms with van der Waals surface area (Å²) in [5.41, 5.74) is 2.95. The van der Waals surface area contributed by atoms with Gasteiger partial charge in [-0.3, -0.25) is 9.10 Å². The first-order chi connectivity index (χ1) is 12.7. The molecule has 0 unspecified atom stereocenters. The lowest BCUT2D eigenvalue weighted by Gasteiger charge is -2.28. The molecule has 2 aromatic carbocycles. The Bertz CT molecular complexity index is 988. The van der Waals surface area contributed by atoms with Crippen molar-refractivity contribution in [2.75, 3.05) is 22.7 Å². The van der Waals surface area contributed by atoms with Gasteiger partial charge in [0.15, 0.2) is 11.5 Å². The summed E-state index contributed by atoms with van der Waals surface area (Å²) >= 11 is 0. The number of anilines is 2. The van der Waals surface area contributed by atoms with Crippen molar-refractivity contribution in [2.45, 2.75) is 26.8 Å². The first-order valence-electron chi connectivity index (χ1n) is 8.44. The van der Waals surface area contributed by atoms with Crippen LogP contribution in [0.5, 0.6) is 11.5 Å². The molecule has 3 rings (SSSR count). The molecular formula is C19H22N2O5S. The fourth-order valence-corrected chi connectivity index (χ4v) is 4.06. The zero-order valence-corrected chi connectivity index (χ0v) is 16.5. The van der Waals surface area contributed by atoms with E-state index < -0.39 is 22.0 Å². The summed E-state index contributed by atoms with van der Waals surface area (Å²) in [5, 5.41) is 2.74. The molecule has 0 aromatic heterocycles. The van der Waals surface area contributed by atoms with Crippen LogP contribution >= 0.6 is 0 Å². The van der Waals surface area contributed by atoms with E-state index in [4.69, 9.17) is 9.47 Å². The highest BCUT2D eigenvalue weighted by Gasteiger charge is 2.29. The second kappa shape index (κ2) is 7.11. The number of ether oxygens (including phenoxy) is 2. The van der Waals surface area contributed by atoms with Gasteiger partial charge in [-0.1, -0.05) is 6.07 Å². The van der Waals surface area contributed by atoms with Gasteiger partial charge in [0.2, 0.25) is 22.7 Å². The van der Waals surface area contributed by atoms with E-state index in [0.29, 0.717) is 22.9 Å². The summed E-state index contributed by atoms with van der Waals surface area (Å²) in [6, 6.07) is 9.39. The minimum atomic E-state index is -3.67. The molecule has 1 amide bonds. The lowest BCUT2D eigenvalue weighted by atomic mass is 10.1. The molecule has 0 bridgehead atoms. The molecule has 1 aliphatic heterocycles. The van der Waals surface area contributed by atoms with Gasteiger partial charge in [-0.05, 0) is 56.2 Å². The predicted octanol–water partition coefficient (Wildman–Crippen LogP) is 2.83. The Labute approximate surface area is 158 Å². The first-order valence-corrected chi connectivity index (χ1v) is 10.3. The number of nitrogens with zero attached hydrogens (tertiary/aromatic N) is 1. The molecule has 144 valence electrons. The molecule has 0 fully saturated rings. The molecule has 0 radical (unpaired) electrons. The van der Waals surface area contributed by atoms with Crippen LogP contribution in [0.2, 0.25) is 0 Å². The Morgan fingerprint density at radius 2 is 1.78 bits per heavy atom. The molecule has 0 saturated carbocycles. The van der Waals surface area contributed by atoms with E-state index in [0.717, 1.165) is 21.7 Å². The molecule has 0 aliphatic carbocycles. The van der Waals surface area contributed by atoms with Crippen molar-refractivity contribution < 1.29 is 22.7 Å². The number of aryl methyl sites for hydroxylation is 2. The van der Waals surface area contributed by atoms with Crippen molar-refractivity contribution in [3.8, 4) is 11.5 Å². The molecular weight excluding hydrogens is 368 g/mol. The third-order valence-electron chi connectivity index (χ3n) is 4.47. The predicted molar refractivity (Wildman–Crippen MR) is 104 cm³/mol. The zero-order valence-electron chi connectivity index (χ0n) is 15.6. The molecule has 8 heteroatoms. The van der Waals surface area contributed by atoms with Gasteiger partial charge in [0, 0.05) is 11.8 Å². The number of carbonyl (C=O) groups excluding carboxylic acids is 1. The maximum absolute atomic E-state index is 12.7. The van der Waals surface area contributed by atoms with Crippen LogP contribution in [-0.2, 0) is 14.8 Å². The van der Waals surface area contributed by atoms with Crippen LogP contribution in [0, 0.1) is 13.8 Å². The van der Waals surface area contributed by atoms with Crippen LogP contribution in [0.15, 0.2) is 36.4 Å². The summed E-state index contributed by atoms with van der Waals surface area (Å²) in [6.45, 7) is 5.53. The van der Waals surface area contributed by atoms with Gasteiger partial charge >= 0.3 is 0 Å². The van der Waals surface area contributed by atoms with E-state index in [1.54, 1.807) is 37.3 Å². The summed E-state index contributed by atoms with van der Waals surface area (Å²) in [7, 11) is -3.67. The van der Waals surface area contributed by atoms with E-state index in [1.165, 1.54) is 0 Å². The van der Waals surface area contributed by atoms with Crippen molar-refractivity contribution in [2.24, 2.45) is 0 Å². The molecule has 27 heavy (non-hydrogen) atoms. The Balaban J connectivity index is 1.86. The van der Waals surface area contributed by atoms with Crippen LogP contribution in [-0.4, -0.2) is 33.4 Å². The fraction of sp³-hybridized carbons (Fsp3) is 0.316. The van der Waals surface area contributed by atoms with Crippen LogP contribution in [0.25, 0.3) is 0 Å². The first kappa shape index (κ1) is 19.0. The number of hydrogen-bond acceptors (Lipinski definition) is 5. The van der Waals surface area contributed by atoms with Crippen LogP contribution in [0.4, 0.5) is 11.4 Å². The number of nitrogens with one attached hydrogen (secondary N) is 1. The molecule has 1 atom stereocenters. The summed E-state index contributed by atoms with van der Waals surface area (Å²) < 4.78 is 36.4. The molecule has 0 saturated heterocycles. The van der Waals surface area contributed by atoms with E-state index >= 15 is 0 Å². The molecule has 1 aliphatic rings. The van der Waals surface area contributed by atoms with Gasteiger partial charge in [-0.15, -0.1) is 0 Å². The number of rotatable bonds is 5. The van der Waals surface area contributed by atoms with E-state index in [-0.39, 0.29) is 6.79 Å². The minimum absolute atomic E-state index is 0.137. The number of carbonyl (C=O) groups is 1. The smallest absolute Gasteiger partial charge is 0.247 e. The largest absolute Gasteiger partial charge is 0.454 e. The summed E-state index contributed by atoms with van der Waals surface area (Å²) in [5.74, 6) is 0.695. The van der Waals surface area contributed by atoms with Crippen LogP contribution in [0.3, 0.4) is 0 Å². The van der Waals surface area contributed by atoms with Gasteiger partial charge < -0.3 is 14.8 Å². The van der Waals surface area contributed by atoms with Gasteiger partial charge in [0.1, 0.15) is 6.04 Å². The number of fused-ring (bicyclic) bond motifs is 1. The van der Waals surface area contributed by atoms with Gasteiger partial charge in [-0.25, -0.2) is 8.42 Å². The number of benzene rings is 2. The van der Waals surface area contributed by atoms with Crippen molar-refractivity contribution in [3.63, 3.8) is 0 Å². The Kier molecular flexibility index (Phi) is 5.01. The Hall–Kier alpha value is -2.74. The maximum Gasteiger partial charge on any atom is 0.247 e. The van der Waals surface area contributed by atoms with Crippen molar-refractivity contribution in [3.05, 3.63) is 47.5 Å². The number of amides is 1. The average Bonchev–Trinajstić information content (AvgIpc) is 3.04. The number of sulfonamides is 1. The second-order valence-corrected chi connectivity index (χ2v) is 8.42. The monoisotopic (exact) mass is 390 g/mol. The van der Waals surface area contributed by atoms with E-state index in [1.807, 2.05) is 19.9 Å². The molecule has 0 spiro atoms. The number of hydrogen-bond donors (Lipinski definition) is 1. The standard InChI is InChI=1S/C19H22N2O5S/c1-12-5-7-16(9-13(12)2)21(27(4,23)24)14(3)19(22)20-15-6-8-17-18(10-15)26-11-25-17/h5-10,14H,11H2,1-4H3,(H,20,22)/t14-/m0/s1. The lowest BCUT2D eigenvalue weighted by molar-refractivity contribution is -0.116. The zero-order chi connectivity index (χ0) is 19.8. The van der Waals surface area contributed by atoms with Gasteiger partial charge in [0.05, 0.1) is 11.9 Å². The van der Waals surface area contributed by atoms with Crippen molar-refractivity contribution in [1.29, 1.82) is 0 Å². The summed E-state index contributed by atoms with van der Waals surface area (Å²) in [4.78, 5) is 12.7. The topological polar surface area (TPSA) is 84.9 Å². The summed E-state index contributed by atoms with van der Waals surface area (Å²) in [6.07, 6.45) is 1.09. The highest BCUT2D eigenvalue weighted by molar-refractivity contribution is 7.92. The SMILES string of the molecule is Cc1ccc(N([C@@H](C)C(=O)Nc2ccc3c(c2)OCO3)S(C)(=O)=O)cc1C. The molecule has 2 aromatic rings. The van der Waals surface area contributed by atoms with E-state index in [2.05, 4.69) is 5.32 Å². The normalized spacial score (nSPS) is 13.9.